The standard InChI is InChI=1S/C22H28F2N4O5S/c1-13-9-17(24)14(10-16(13)23)12-33-19-18(21(30)31)20(34-27-19)26-22(32)25-6-2-3-7-28-8-4-5-15(29)11-28/h9-10,15,29H,2-8,11-12H2,1H3,(H,30,31)(H2,25,26,32). The summed E-state index contributed by atoms with van der Waals surface area (Å²) in [5, 5.41) is 24.3. The van der Waals surface area contributed by atoms with Gasteiger partial charge in [0.2, 0.25) is 5.88 Å². The fourth-order valence-corrected chi connectivity index (χ4v) is 4.36. The summed E-state index contributed by atoms with van der Waals surface area (Å²) in [6, 6.07) is 1.43. The highest BCUT2D eigenvalue weighted by Crippen LogP contribution is 2.31. The summed E-state index contributed by atoms with van der Waals surface area (Å²) >= 11 is 0.714. The molecule has 0 spiro atoms. The fraction of sp³-hybridized carbons (Fsp3) is 0.500. The number of rotatable bonds is 10. The minimum absolute atomic E-state index is 0.0298. The first kappa shape index (κ1) is 25.8. The first-order valence-corrected chi connectivity index (χ1v) is 11.8. The Hall–Kier alpha value is -2.83. The van der Waals surface area contributed by atoms with Crippen molar-refractivity contribution in [3.63, 3.8) is 0 Å². The van der Waals surface area contributed by atoms with E-state index in [1.165, 1.54) is 6.92 Å². The predicted molar refractivity (Wildman–Crippen MR) is 122 cm³/mol. The van der Waals surface area contributed by atoms with Crippen molar-refractivity contribution in [2.24, 2.45) is 0 Å². The van der Waals surface area contributed by atoms with E-state index in [1.54, 1.807) is 0 Å². The summed E-state index contributed by atoms with van der Waals surface area (Å²) < 4.78 is 36.9. The summed E-state index contributed by atoms with van der Waals surface area (Å²) in [5.41, 5.74) is -0.306. The highest BCUT2D eigenvalue weighted by molar-refractivity contribution is 7.11. The molecule has 0 radical (unpaired) electrons. The van der Waals surface area contributed by atoms with Crippen LogP contribution in [0.3, 0.4) is 0 Å². The lowest BCUT2D eigenvalue weighted by Gasteiger charge is -2.29. The topological polar surface area (TPSA) is 124 Å². The molecule has 1 aliphatic heterocycles. The Morgan fingerprint density at radius 3 is 2.82 bits per heavy atom. The molecule has 12 heteroatoms. The number of ether oxygens (including phenoxy) is 1. The van der Waals surface area contributed by atoms with Crippen LogP contribution in [0.25, 0.3) is 0 Å². The number of nitrogens with zero attached hydrogens (tertiary/aromatic N) is 2. The molecule has 186 valence electrons. The molecule has 2 heterocycles. The summed E-state index contributed by atoms with van der Waals surface area (Å²) in [4.78, 5) is 26.1. The summed E-state index contributed by atoms with van der Waals surface area (Å²) in [6.07, 6.45) is 3.11. The number of aromatic nitrogens is 1. The van der Waals surface area contributed by atoms with Crippen molar-refractivity contribution < 1.29 is 33.3 Å². The summed E-state index contributed by atoms with van der Waals surface area (Å²) in [6.45, 7) is 3.87. The number of hydrogen-bond acceptors (Lipinski definition) is 7. The van der Waals surface area contributed by atoms with Gasteiger partial charge in [-0.3, -0.25) is 5.32 Å². The molecule has 0 aliphatic carbocycles. The lowest BCUT2D eigenvalue weighted by Crippen LogP contribution is -2.39. The number of carbonyl (C=O) groups excluding carboxylic acids is 1. The molecule has 34 heavy (non-hydrogen) atoms. The van der Waals surface area contributed by atoms with E-state index in [2.05, 4.69) is 19.9 Å². The fourth-order valence-electron chi connectivity index (χ4n) is 3.64. The molecule has 1 aromatic heterocycles. The molecule has 1 aliphatic rings. The monoisotopic (exact) mass is 498 g/mol. The average Bonchev–Trinajstić information content (AvgIpc) is 3.17. The number of aliphatic hydroxyl groups is 1. The van der Waals surface area contributed by atoms with Crippen LogP contribution in [0, 0.1) is 18.6 Å². The second-order valence-electron chi connectivity index (χ2n) is 8.16. The molecule has 1 unspecified atom stereocenters. The number of carboxylic acids is 1. The number of halogens is 2. The number of aromatic carboxylic acids is 1. The average molecular weight is 499 g/mol. The highest BCUT2D eigenvalue weighted by Gasteiger charge is 2.24. The Morgan fingerprint density at radius 2 is 2.09 bits per heavy atom. The number of aryl methyl sites for hydroxylation is 1. The number of benzene rings is 1. The predicted octanol–water partition coefficient (Wildman–Crippen LogP) is 3.37. The van der Waals surface area contributed by atoms with Gasteiger partial charge in [0, 0.05) is 18.7 Å². The third kappa shape index (κ3) is 7.08. The first-order valence-electron chi connectivity index (χ1n) is 11.0. The summed E-state index contributed by atoms with van der Waals surface area (Å²) in [5.74, 6) is -2.96. The second kappa shape index (κ2) is 12.0. The SMILES string of the molecule is Cc1cc(F)c(COc2nsc(NC(=O)NCCCCN3CCCC(O)C3)c2C(=O)O)cc1F. The number of carbonyl (C=O) groups is 2. The number of anilines is 1. The molecule has 9 nitrogen and oxygen atoms in total. The molecule has 1 atom stereocenters. The first-order chi connectivity index (χ1) is 16.2. The van der Waals surface area contributed by atoms with Crippen molar-refractivity contribution in [2.75, 3.05) is 31.5 Å². The molecule has 1 aromatic carbocycles. The Labute approximate surface area is 199 Å². The molecule has 0 bridgehead atoms. The second-order valence-corrected chi connectivity index (χ2v) is 8.94. The zero-order valence-electron chi connectivity index (χ0n) is 18.8. The Kier molecular flexibility index (Phi) is 9.13. The molecule has 0 saturated carbocycles. The molecule has 4 N–H and O–H groups in total. The Balaban J connectivity index is 1.48. The van der Waals surface area contributed by atoms with E-state index in [-0.39, 0.29) is 33.7 Å². The zero-order valence-corrected chi connectivity index (χ0v) is 19.6. The van der Waals surface area contributed by atoms with Gasteiger partial charge in [-0.25, -0.2) is 18.4 Å². The third-order valence-corrected chi connectivity index (χ3v) is 6.21. The third-order valence-electron chi connectivity index (χ3n) is 5.46. The normalized spacial score (nSPS) is 16.3. The van der Waals surface area contributed by atoms with Gasteiger partial charge in [0.25, 0.3) is 0 Å². The van der Waals surface area contributed by atoms with Gasteiger partial charge in [0.1, 0.15) is 23.2 Å². The number of urea groups is 1. The van der Waals surface area contributed by atoms with Crippen molar-refractivity contribution in [2.45, 2.75) is 45.3 Å². The Bertz CT molecular complexity index is 1020. The van der Waals surface area contributed by atoms with Crippen LogP contribution in [0.2, 0.25) is 0 Å². The van der Waals surface area contributed by atoms with Gasteiger partial charge < -0.3 is 25.2 Å². The van der Waals surface area contributed by atoms with Crippen molar-refractivity contribution in [3.05, 3.63) is 40.5 Å². The van der Waals surface area contributed by atoms with E-state index in [0.717, 1.165) is 50.9 Å². The van der Waals surface area contributed by atoms with Gasteiger partial charge in [0.15, 0.2) is 5.56 Å². The van der Waals surface area contributed by atoms with Crippen LogP contribution in [0.1, 0.15) is 47.2 Å². The maximum absolute atomic E-state index is 14.0. The number of nitrogens with one attached hydrogen (secondary N) is 2. The minimum Gasteiger partial charge on any atom is -0.477 e. The Morgan fingerprint density at radius 1 is 1.29 bits per heavy atom. The van der Waals surface area contributed by atoms with Crippen molar-refractivity contribution >= 4 is 28.5 Å². The van der Waals surface area contributed by atoms with E-state index in [4.69, 9.17) is 4.74 Å². The number of aliphatic hydroxyl groups excluding tert-OH is 1. The van der Waals surface area contributed by atoms with Gasteiger partial charge in [-0.05, 0) is 74.9 Å². The van der Waals surface area contributed by atoms with Crippen LogP contribution < -0.4 is 15.4 Å². The molecule has 1 fully saturated rings. The van der Waals surface area contributed by atoms with Gasteiger partial charge in [-0.2, -0.15) is 4.37 Å². The number of likely N-dealkylation sites (tertiary alicyclic amines) is 1. The number of hydrogen-bond donors (Lipinski definition) is 4. The van der Waals surface area contributed by atoms with Gasteiger partial charge in [0.05, 0.1) is 6.10 Å². The number of piperidine rings is 1. The van der Waals surface area contributed by atoms with Gasteiger partial charge in [-0.1, -0.05) is 0 Å². The van der Waals surface area contributed by atoms with Crippen molar-refractivity contribution in [3.8, 4) is 5.88 Å². The molecular weight excluding hydrogens is 470 g/mol. The maximum atomic E-state index is 14.0. The molecule has 2 aromatic rings. The van der Waals surface area contributed by atoms with Crippen LogP contribution in [0.5, 0.6) is 5.88 Å². The number of amides is 2. The number of carboxylic acid groups (broad SMARTS) is 1. The number of unbranched alkanes of at least 4 members (excludes halogenated alkanes) is 1. The van der Waals surface area contributed by atoms with Crippen molar-refractivity contribution in [1.29, 1.82) is 0 Å². The van der Waals surface area contributed by atoms with Crippen LogP contribution >= 0.6 is 11.5 Å². The lowest BCUT2D eigenvalue weighted by molar-refractivity contribution is 0.0690. The van der Waals surface area contributed by atoms with Crippen molar-refractivity contribution in [1.82, 2.24) is 14.6 Å². The lowest BCUT2D eigenvalue weighted by atomic mass is 10.1. The van der Waals surface area contributed by atoms with E-state index >= 15 is 0 Å². The number of β-amino-alcohol motifs (C(OH)–C–C–N with tert-alkyl or cyclic N) is 1. The molecule has 3 rings (SSSR count). The van der Waals surface area contributed by atoms with E-state index in [9.17, 15) is 28.6 Å². The van der Waals surface area contributed by atoms with Gasteiger partial charge >= 0.3 is 12.0 Å². The molecule has 2 amide bonds. The quantitative estimate of drug-likeness (QED) is 0.370. The minimum atomic E-state index is -1.38. The molecular formula is C22H28F2N4O5S. The van der Waals surface area contributed by atoms with E-state index < -0.39 is 30.2 Å². The van der Waals surface area contributed by atoms with Crippen LogP contribution in [-0.4, -0.2) is 63.8 Å². The van der Waals surface area contributed by atoms with Crippen LogP contribution in [0.4, 0.5) is 18.6 Å². The summed E-state index contributed by atoms with van der Waals surface area (Å²) in [7, 11) is 0. The van der Waals surface area contributed by atoms with Gasteiger partial charge in [-0.15, -0.1) is 0 Å². The smallest absolute Gasteiger partial charge is 0.344 e. The van der Waals surface area contributed by atoms with Crippen LogP contribution in [-0.2, 0) is 6.61 Å². The van der Waals surface area contributed by atoms with Crippen LogP contribution in [0.15, 0.2) is 12.1 Å². The van der Waals surface area contributed by atoms with E-state index in [0.29, 0.717) is 24.6 Å². The molecule has 1 saturated heterocycles. The highest BCUT2D eigenvalue weighted by atomic mass is 32.1. The zero-order chi connectivity index (χ0) is 24.7. The largest absolute Gasteiger partial charge is 0.477 e. The maximum Gasteiger partial charge on any atom is 0.344 e. The van der Waals surface area contributed by atoms with E-state index in [1.807, 2.05) is 0 Å².